The fourth-order valence-electron chi connectivity index (χ4n) is 3.73. The molecule has 4 heterocycles. The van der Waals surface area contributed by atoms with Gasteiger partial charge in [-0.1, -0.05) is 23.8 Å². The highest BCUT2D eigenvalue weighted by atomic mass is 32.1. The molecule has 166 valence electrons. The van der Waals surface area contributed by atoms with E-state index in [-0.39, 0.29) is 23.8 Å². The molecule has 0 aliphatic carbocycles. The summed E-state index contributed by atoms with van der Waals surface area (Å²) in [5.74, 6) is 0.440. The molecule has 1 amide bonds. The van der Waals surface area contributed by atoms with E-state index in [0.29, 0.717) is 22.5 Å². The average Bonchev–Trinajstić information content (AvgIpc) is 3.49. The quantitative estimate of drug-likeness (QED) is 0.418. The van der Waals surface area contributed by atoms with E-state index in [1.54, 1.807) is 10.7 Å². The van der Waals surface area contributed by atoms with Crippen LogP contribution in [0.25, 0.3) is 22.7 Å². The van der Waals surface area contributed by atoms with Crippen LogP contribution in [0.3, 0.4) is 0 Å². The van der Waals surface area contributed by atoms with Gasteiger partial charge in [-0.3, -0.25) is 14.6 Å². The number of hydrogen-bond donors (Lipinski definition) is 2. The highest BCUT2D eigenvalue weighted by Gasteiger charge is 2.17. The molecule has 0 fully saturated rings. The molecule has 0 saturated heterocycles. The number of aromatic amines is 1. The van der Waals surface area contributed by atoms with Crippen LogP contribution >= 0.6 is 11.3 Å². The topological polar surface area (TPSA) is 110 Å². The first-order valence-electron chi connectivity index (χ1n) is 10.3. The predicted octanol–water partition coefficient (Wildman–Crippen LogP) is 3.46. The lowest BCUT2D eigenvalue weighted by molar-refractivity contribution is -0.115. The Labute approximate surface area is 192 Å². The molecule has 0 spiro atoms. The molecule has 0 radical (unpaired) electrons. The molecule has 4 aromatic heterocycles. The minimum atomic E-state index is -0.338. The molecule has 5 aromatic rings. The zero-order valence-electron chi connectivity index (χ0n) is 18.3. The van der Waals surface area contributed by atoms with Gasteiger partial charge in [-0.15, -0.1) is 11.3 Å². The number of fused-ring (bicyclic) bond motifs is 1. The molecule has 0 unspecified atom stereocenters. The van der Waals surface area contributed by atoms with E-state index in [0.717, 1.165) is 21.7 Å². The lowest BCUT2D eigenvalue weighted by Gasteiger charge is -2.10. The Bertz CT molecular complexity index is 1540. The van der Waals surface area contributed by atoms with Gasteiger partial charge < -0.3 is 5.32 Å². The van der Waals surface area contributed by atoms with Crippen LogP contribution in [0.1, 0.15) is 21.7 Å². The smallest absolute Gasteiger partial charge is 0.263 e. The maximum atomic E-state index is 12.8. The normalized spacial score (nSPS) is 11.2. The SMILES string of the molecule is Cc1ccc(-n2ncc3c(=O)[nH]c(-n4nc(C)cc4NC(=O)Cc4cccs4)nc32)c(C)c1. The van der Waals surface area contributed by atoms with Crippen molar-refractivity contribution in [3.63, 3.8) is 0 Å². The summed E-state index contributed by atoms with van der Waals surface area (Å²) in [6.07, 6.45) is 1.76. The van der Waals surface area contributed by atoms with Crippen molar-refractivity contribution in [3.8, 4) is 11.6 Å². The molecule has 10 heteroatoms. The van der Waals surface area contributed by atoms with E-state index in [4.69, 9.17) is 0 Å². The van der Waals surface area contributed by atoms with Crippen LogP contribution in [0.4, 0.5) is 5.82 Å². The maximum Gasteiger partial charge on any atom is 0.263 e. The Morgan fingerprint density at radius 1 is 1.15 bits per heavy atom. The number of H-pyrrole nitrogens is 1. The number of nitrogens with zero attached hydrogens (tertiary/aromatic N) is 5. The van der Waals surface area contributed by atoms with E-state index in [9.17, 15) is 9.59 Å². The van der Waals surface area contributed by atoms with Crippen molar-refractivity contribution in [2.75, 3.05) is 5.32 Å². The molecule has 0 atom stereocenters. The van der Waals surface area contributed by atoms with Gasteiger partial charge in [-0.2, -0.15) is 19.9 Å². The van der Waals surface area contributed by atoms with Gasteiger partial charge >= 0.3 is 0 Å². The first-order valence-corrected chi connectivity index (χ1v) is 11.2. The van der Waals surface area contributed by atoms with Crippen molar-refractivity contribution in [2.45, 2.75) is 27.2 Å². The van der Waals surface area contributed by atoms with Crippen LogP contribution < -0.4 is 10.9 Å². The number of carbonyl (C=O) groups is 1. The Balaban J connectivity index is 1.57. The van der Waals surface area contributed by atoms with Gasteiger partial charge in [0.15, 0.2) is 5.65 Å². The van der Waals surface area contributed by atoms with E-state index in [1.165, 1.54) is 22.2 Å². The highest BCUT2D eigenvalue weighted by molar-refractivity contribution is 7.10. The first kappa shape index (κ1) is 20.8. The molecule has 9 nitrogen and oxygen atoms in total. The Morgan fingerprint density at radius 2 is 2.00 bits per heavy atom. The fourth-order valence-corrected chi connectivity index (χ4v) is 4.44. The number of thiophene rings is 1. The van der Waals surface area contributed by atoms with E-state index in [2.05, 4.69) is 31.5 Å². The largest absolute Gasteiger partial charge is 0.310 e. The second kappa shape index (κ2) is 8.14. The van der Waals surface area contributed by atoms with E-state index in [1.807, 2.05) is 50.4 Å². The molecular formula is C23H21N7O2S. The minimum absolute atomic E-state index is 0.178. The predicted molar refractivity (Wildman–Crippen MR) is 127 cm³/mol. The monoisotopic (exact) mass is 459 g/mol. The third-order valence-corrected chi connectivity index (χ3v) is 6.10. The van der Waals surface area contributed by atoms with Crippen molar-refractivity contribution in [1.29, 1.82) is 0 Å². The summed E-state index contributed by atoms with van der Waals surface area (Å²) in [5, 5.41) is 14.0. The van der Waals surface area contributed by atoms with Crippen LogP contribution in [0.5, 0.6) is 0 Å². The lowest BCUT2D eigenvalue weighted by Crippen LogP contribution is -2.20. The number of anilines is 1. The van der Waals surface area contributed by atoms with Gasteiger partial charge in [-0.25, -0.2) is 4.68 Å². The van der Waals surface area contributed by atoms with Crippen molar-refractivity contribution in [3.05, 3.63) is 80.0 Å². The summed E-state index contributed by atoms with van der Waals surface area (Å²) in [4.78, 5) is 33.8. The summed E-state index contributed by atoms with van der Waals surface area (Å²) < 4.78 is 3.08. The Kier molecular flexibility index (Phi) is 5.14. The second-order valence-corrected chi connectivity index (χ2v) is 8.89. The van der Waals surface area contributed by atoms with Crippen molar-refractivity contribution < 1.29 is 4.79 Å². The summed E-state index contributed by atoms with van der Waals surface area (Å²) in [6, 6.07) is 11.5. The number of rotatable bonds is 5. The number of hydrogen-bond acceptors (Lipinski definition) is 6. The molecule has 0 bridgehead atoms. The third-order valence-electron chi connectivity index (χ3n) is 5.22. The van der Waals surface area contributed by atoms with Crippen molar-refractivity contribution in [1.82, 2.24) is 29.5 Å². The van der Waals surface area contributed by atoms with Crippen molar-refractivity contribution in [2.24, 2.45) is 0 Å². The Morgan fingerprint density at radius 3 is 2.76 bits per heavy atom. The number of aryl methyl sites for hydroxylation is 3. The summed E-state index contributed by atoms with van der Waals surface area (Å²) in [7, 11) is 0. The van der Waals surface area contributed by atoms with Gasteiger partial charge in [-0.05, 0) is 43.8 Å². The molecular weight excluding hydrogens is 438 g/mol. The van der Waals surface area contributed by atoms with Crippen molar-refractivity contribution >= 4 is 34.1 Å². The highest BCUT2D eigenvalue weighted by Crippen LogP contribution is 2.21. The molecule has 2 N–H and O–H groups in total. The molecule has 0 aliphatic heterocycles. The standard InChI is InChI=1S/C23H21N7O2S/c1-13-6-7-18(14(2)9-13)29-21-17(12-24-29)22(32)27-23(26-21)30-19(10-15(3)28-30)25-20(31)11-16-5-4-8-33-16/h4-10,12H,11H2,1-3H3,(H,25,31)(H,26,27,32). The summed E-state index contributed by atoms with van der Waals surface area (Å²) in [6.45, 7) is 5.82. The van der Waals surface area contributed by atoms with Gasteiger partial charge in [0.05, 0.1) is 24.0 Å². The number of aromatic nitrogens is 6. The molecule has 5 rings (SSSR count). The first-order chi connectivity index (χ1) is 15.9. The van der Waals surface area contributed by atoms with Gasteiger partial charge in [0.25, 0.3) is 5.56 Å². The third kappa shape index (κ3) is 3.96. The minimum Gasteiger partial charge on any atom is -0.310 e. The van der Waals surface area contributed by atoms with E-state index >= 15 is 0 Å². The molecule has 1 aromatic carbocycles. The van der Waals surface area contributed by atoms with Crippen LogP contribution in [0, 0.1) is 20.8 Å². The van der Waals surface area contributed by atoms with Crippen LogP contribution in [0.15, 0.2) is 52.8 Å². The van der Waals surface area contributed by atoms with Gasteiger partial charge in [0.2, 0.25) is 11.9 Å². The van der Waals surface area contributed by atoms with Crippen LogP contribution in [-0.4, -0.2) is 35.4 Å². The maximum absolute atomic E-state index is 12.8. The van der Waals surface area contributed by atoms with Gasteiger partial charge in [0.1, 0.15) is 11.2 Å². The number of nitrogens with one attached hydrogen (secondary N) is 2. The lowest BCUT2D eigenvalue weighted by atomic mass is 10.1. The molecule has 0 saturated carbocycles. The number of amides is 1. The number of carbonyl (C=O) groups excluding carboxylic acids is 1. The average molecular weight is 460 g/mol. The molecule has 33 heavy (non-hydrogen) atoms. The second-order valence-electron chi connectivity index (χ2n) is 7.86. The number of benzene rings is 1. The zero-order chi connectivity index (χ0) is 23.1. The zero-order valence-corrected chi connectivity index (χ0v) is 19.1. The fraction of sp³-hybridized carbons (Fsp3) is 0.174. The van der Waals surface area contributed by atoms with E-state index < -0.39 is 0 Å². The van der Waals surface area contributed by atoms with Crippen LogP contribution in [0.2, 0.25) is 0 Å². The summed E-state index contributed by atoms with van der Waals surface area (Å²) >= 11 is 1.52. The molecule has 0 aliphatic rings. The Hall–Kier alpha value is -4.05. The summed E-state index contributed by atoms with van der Waals surface area (Å²) in [5.41, 5.74) is 3.72. The van der Waals surface area contributed by atoms with Crippen LogP contribution in [-0.2, 0) is 11.2 Å². The van der Waals surface area contributed by atoms with Gasteiger partial charge in [0, 0.05) is 10.9 Å².